The number of carbonyl (C=O) groups excluding carboxylic acids is 2. The molecule has 0 radical (unpaired) electrons. The van der Waals surface area contributed by atoms with Crippen molar-refractivity contribution in [3.63, 3.8) is 0 Å². The van der Waals surface area contributed by atoms with Crippen molar-refractivity contribution < 1.29 is 37.3 Å². The molecule has 39 heavy (non-hydrogen) atoms. The van der Waals surface area contributed by atoms with Gasteiger partial charge in [-0.25, -0.2) is 0 Å². The van der Waals surface area contributed by atoms with Crippen molar-refractivity contribution >= 4 is 56.3 Å². The van der Waals surface area contributed by atoms with E-state index in [2.05, 4.69) is 15.9 Å². The van der Waals surface area contributed by atoms with Gasteiger partial charge in [-0.15, -0.1) is 0 Å². The monoisotopic (exact) mass is 623 g/mol. The number of carbonyl (C=O) groups is 2. The van der Waals surface area contributed by atoms with Crippen LogP contribution in [0.3, 0.4) is 0 Å². The minimum absolute atomic E-state index is 0.00761. The Balaban J connectivity index is 1.63. The third-order valence-electron chi connectivity index (χ3n) is 5.32. The van der Waals surface area contributed by atoms with Gasteiger partial charge in [-0.3, -0.25) is 34.7 Å². The average Bonchev–Trinajstić information content (AvgIpc) is 3.12. The van der Waals surface area contributed by atoms with Gasteiger partial charge >= 0.3 is 11.9 Å². The molecule has 0 N–H and O–H groups in total. The number of hydrogen-bond acceptors (Lipinski definition) is 8. The molecule has 0 spiro atoms. The maximum atomic E-state index is 13.0. The van der Waals surface area contributed by atoms with Gasteiger partial charge in [0.1, 0.15) is 5.75 Å². The number of benzene rings is 3. The average molecular weight is 624 g/mol. The zero-order chi connectivity index (χ0) is 28.5. The Morgan fingerprint density at radius 1 is 0.949 bits per heavy atom. The number of nitro groups is 2. The van der Waals surface area contributed by atoms with Crippen LogP contribution in [0.25, 0.3) is 6.08 Å². The van der Waals surface area contributed by atoms with Crippen molar-refractivity contribution in [3.05, 3.63) is 107 Å². The number of halogens is 4. The standard InChI is InChI=1S/C24H13BrF3N3O7S/c25-16-4-8-19(38-20-7-3-15(24(26,27)28)11-18(20)31(36)37)14(9-16)10-21-22(32)29(23(33)39-21)12-13-1-5-17(6-2-13)30(34)35/h1-11H,12H2/b21-10-. The fourth-order valence-electron chi connectivity index (χ4n) is 3.45. The zero-order valence-corrected chi connectivity index (χ0v) is 21.6. The summed E-state index contributed by atoms with van der Waals surface area (Å²) in [5.74, 6) is -1.14. The molecule has 0 aromatic heterocycles. The Hall–Kier alpha value is -4.24. The van der Waals surface area contributed by atoms with E-state index in [4.69, 9.17) is 4.74 Å². The number of thioether (sulfide) groups is 1. The van der Waals surface area contributed by atoms with Crippen LogP contribution >= 0.6 is 27.7 Å². The van der Waals surface area contributed by atoms with E-state index in [1.54, 1.807) is 0 Å². The molecule has 0 saturated carbocycles. The molecule has 3 aromatic carbocycles. The number of nitrogens with zero attached hydrogens (tertiary/aromatic N) is 3. The molecule has 1 saturated heterocycles. The minimum atomic E-state index is -4.80. The lowest BCUT2D eigenvalue weighted by molar-refractivity contribution is -0.385. The highest BCUT2D eigenvalue weighted by atomic mass is 79.9. The molecule has 3 aromatic rings. The van der Waals surface area contributed by atoms with E-state index in [1.165, 1.54) is 48.5 Å². The highest BCUT2D eigenvalue weighted by molar-refractivity contribution is 9.10. The van der Waals surface area contributed by atoms with E-state index in [0.29, 0.717) is 33.9 Å². The first-order valence-electron chi connectivity index (χ1n) is 10.6. The lowest BCUT2D eigenvalue weighted by Crippen LogP contribution is -2.27. The Labute approximate surface area is 229 Å². The van der Waals surface area contributed by atoms with E-state index in [1.807, 2.05) is 0 Å². The quantitative estimate of drug-likeness (QED) is 0.152. The van der Waals surface area contributed by atoms with E-state index in [9.17, 15) is 43.0 Å². The van der Waals surface area contributed by atoms with E-state index in [0.717, 1.165) is 11.0 Å². The number of imide groups is 1. The molecule has 0 aliphatic carbocycles. The molecular formula is C24H13BrF3N3O7S. The molecule has 0 bridgehead atoms. The normalized spacial score (nSPS) is 14.7. The van der Waals surface area contributed by atoms with Crippen molar-refractivity contribution in [2.75, 3.05) is 0 Å². The fourth-order valence-corrected chi connectivity index (χ4v) is 4.66. The maximum absolute atomic E-state index is 13.0. The molecule has 10 nitrogen and oxygen atoms in total. The van der Waals surface area contributed by atoms with Crippen LogP contribution < -0.4 is 4.74 Å². The molecular weight excluding hydrogens is 611 g/mol. The summed E-state index contributed by atoms with van der Waals surface area (Å²) >= 11 is 3.89. The predicted molar refractivity (Wildman–Crippen MR) is 137 cm³/mol. The van der Waals surface area contributed by atoms with Gasteiger partial charge in [0.15, 0.2) is 0 Å². The fraction of sp³-hybridized carbons (Fsp3) is 0.0833. The summed E-state index contributed by atoms with van der Waals surface area (Å²) in [5, 5.41) is 21.7. The van der Waals surface area contributed by atoms with Crippen LogP contribution in [0.15, 0.2) is 70.0 Å². The van der Waals surface area contributed by atoms with Gasteiger partial charge in [0, 0.05) is 28.2 Å². The third-order valence-corrected chi connectivity index (χ3v) is 6.72. The summed E-state index contributed by atoms with van der Waals surface area (Å²) in [6, 6.07) is 11.6. The van der Waals surface area contributed by atoms with Gasteiger partial charge in [0.25, 0.3) is 16.8 Å². The summed E-state index contributed by atoms with van der Waals surface area (Å²) in [6.07, 6.45) is -3.49. The molecule has 1 aliphatic rings. The lowest BCUT2D eigenvalue weighted by Gasteiger charge is -2.13. The molecule has 15 heteroatoms. The molecule has 1 aliphatic heterocycles. The van der Waals surface area contributed by atoms with E-state index < -0.39 is 44.2 Å². The SMILES string of the molecule is O=C1S/C(=C\c2cc(Br)ccc2Oc2ccc(C(F)(F)F)cc2[N+](=O)[O-])C(=O)N1Cc1ccc([N+](=O)[O-])cc1. The van der Waals surface area contributed by atoms with Gasteiger partial charge in [0.2, 0.25) is 5.75 Å². The Bertz CT molecular complexity index is 1540. The number of nitro benzene ring substituents is 2. The van der Waals surface area contributed by atoms with Crippen LogP contribution in [0.5, 0.6) is 11.5 Å². The zero-order valence-electron chi connectivity index (χ0n) is 19.2. The lowest BCUT2D eigenvalue weighted by atomic mass is 10.1. The van der Waals surface area contributed by atoms with Crippen LogP contribution in [0, 0.1) is 20.2 Å². The van der Waals surface area contributed by atoms with Crippen molar-refractivity contribution in [2.24, 2.45) is 0 Å². The Kier molecular flexibility index (Phi) is 7.74. The van der Waals surface area contributed by atoms with Crippen molar-refractivity contribution in [2.45, 2.75) is 12.7 Å². The first-order valence-corrected chi connectivity index (χ1v) is 12.3. The highest BCUT2D eigenvalue weighted by Gasteiger charge is 2.36. The van der Waals surface area contributed by atoms with Crippen molar-refractivity contribution in [3.8, 4) is 11.5 Å². The number of amides is 2. The molecule has 4 rings (SSSR count). The smallest absolute Gasteiger partial charge is 0.416 e. The van der Waals surface area contributed by atoms with Crippen molar-refractivity contribution in [1.29, 1.82) is 0 Å². The minimum Gasteiger partial charge on any atom is -0.449 e. The number of alkyl halides is 3. The van der Waals surface area contributed by atoms with Crippen molar-refractivity contribution in [1.82, 2.24) is 4.90 Å². The van der Waals surface area contributed by atoms with E-state index >= 15 is 0 Å². The molecule has 2 amide bonds. The number of non-ortho nitro benzene ring substituents is 1. The van der Waals surface area contributed by atoms with Crippen LogP contribution in [0.1, 0.15) is 16.7 Å². The van der Waals surface area contributed by atoms with Gasteiger partial charge in [0.05, 0.1) is 26.9 Å². The molecule has 1 fully saturated rings. The second-order valence-electron chi connectivity index (χ2n) is 7.91. The largest absolute Gasteiger partial charge is 0.449 e. The summed E-state index contributed by atoms with van der Waals surface area (Å²) in [5.41, 5.74) is -1.60. The number of rotatable bonds is 7. The second kappa shape index (κ2) is 10.9. The molecule has 1 heterocycles. The second-order valence-corrected chi connectivity index (χ2v) is 9.82. The van der Waals surface area contributed by atoms with Crippen LogP contribution in [-0.4, -0.2) is 25.9 Å². The summed E-state index contributed by atoms with van der Waals surface area (Å²) in [4.78, 5) is 47.2. The van der Waals surface area contributed by atoms with E-state index in [-0.39, 0.29) is 28.5 Å². The van der Waals surface area contributed by atoms with Crippen LogP contribution in [0.2, 0.25) is 0 Å². The highest BCUT2D eigenvalue weighted by Crippen LogP contribution is 2.40. The topological polar surface area (TPSA) is 133 Å². The van der Waals surface area contributed by atoms with Crippen LogP contribution in [-0.2, 0) is 17.5 Å². The maximum Gasteiger partial charge on any atom is 0.416 e. The molecule has 0 atom stereocenters. The summed E-state index contributed by atoms with van der Waals surface area (Å²) < 4.78 is 45.3. The third kappa shape index (κ3) is 6.26. The number of hydrogen-bond donors (Lipinski definition) is 0. The predicted octanol–water partition coefficient (Wildman–Crippen LogP) is 7.31. The molecule has 200 valence electrons. The Morgan fingerprint density at radius 2 is 1.62 bits per heavy atom. The molecule has 0 unspecified atom stereocenters. The van der Waals surface area contributed by atoms with Gasteiger partial charge < -0.3 is 4.74 Å². The number of ether oxygens (including phenoxy) is 1. The first kappa shape index (κ1) is 27.8. The summed E-state index contributed by atoms with van der Waals surface area (Å²) in [6.45, 7) is -0.139. The van der Waals surface area contributed by atoms with Gasteiger partial charge in [-0.05, 0) is 53.7 Å². The van der Waals surface area contributed by atoms with Gasteiger partial charge in [-0.2, -0.15) is 13.2 Å². The summed E-state index contributed by atoms with van der Waals surface area (Å²) in [7, 11) is 0. The first-order chi connectivity index (χ1) is 18.3. The van der Waals surface area contributed by atoms with Crippen LogP contribution in [0.4, 0.5) is 29.3 Å². The Morgan fingerprint density at radius 3 is 2.23 bits per heavy atom. The van der Waals surface area contributed by atoms with Gasteiger partial charge in [-0.1, -0.05) is 28.1 Å².